The molecule has 0 radical (unpaired) electrons. The first-order valence-electron chi connectivity index (χ1n) is 10.2. The Morgan fingerprint density at radius 1 is 1.06 bits per heavy atom. The molecule has 1 amide bonds. The summed E-state index contributed by atoms with van der Waals surface area (Å²) in [5.41, 5.74) is 2.95. The summed E-state index contributed by atoms with van der Waals surface area (Å²) in [4.78, 5) is 32.5. The Balaban J connectivity index is 1.57. The van der Waals surface area contributed by atoms with E-state index in [1.807, 2.05) is 0 Å². The summed E-state index contributed by atoms with van der Waals surface area (Å²) < 4.78 is 31.4. The van der Waals surface area contributed by atoms with E-state index in [1.54, 1.807) is 47.3 Å². The van der Waals surface area contributed by atoms with Crippen LogP contribution >= 0.6 is 0 Å². The first-order valence-corrected chi connectivity index (χ1v) is 10.2. The monoisotopic (exact) mass is 476 g/mol. The summed E-state index contributed by atoms with van der Waals surface area (Å²) in [5, 5.41) is 6.41. The number of benzene rings is 1. The van der Waals surface area contributed by atoms with Crippen molar-refractivity contribution in [2.75, 3.05) is 19.5 Å². The average Bonchev–Trinajstić information content (AvgIpc) is 3.48. The van der Waals surface area contributed by atoms with Crippen molar-refractivity contribution in [1.82, 2.24) is 24.1 Å². The van der Waals surface area contributed by atoms with Crippen molar-refractivity contribution >= 4 is 17.6 Å². The van der Waals surface area contributed by atoms with Crippen LogP contribution in [0.3, 0.4) is 0 Å². The van der Waals surface area contributed by atoms with E-state index in [2.05, 4.69) is 25.2 Å². The van der Waals surface area contributed by atoms with Crippen molar-refractivity contribution in [1.29, 1.82) is 0 Å². The Kier molecular flexibility index (Phi) is 5.45. The predicted octanol–water partition coefficient (Wildman–Crippen LogP) is 3.53. The van der Waals surface area contributed by atoms with Gasteiger partial charge in [-0.05, 0) is 36.4 Å². The third-order valence-corrected chi connectivity index (χ3v) is 5.24. The maximum absolute atomic E-state index is 13.9. The highest BCUT2D eigenvalue weighted by molar-refractivity contribution is 5.83. The van der Waals surface area contributed by atoms with Crippen LogP contribution in [0.4, 0.5) is 15.0 Å². The number of pyridine rings is 2. The van der Waals surface area contributed by atoms with Crippen LogP contribution in [0.15, 0.2) is 70.4 Å². The molecule has 0 aliphatic carbocycles. The molecule has 1 aromatic carbocycles. The highest BCUT2D eigenvalue weighted by atomic mass is 19.1. The lowest BCUT2D eigenvalue weighted by atomic mass is 10.2. The topological polar surface area (TPSA) is 126 Å². The number of rotatable bonds is 5. The van der Waals surface area contributed by atoms with Crippen LogP contribution in [0.1, 0.15) is 0 Å². The van der Waals surface area contributed by atoms with Crippen molar-refractivity contribution in [3.8, 4) is 34.1 Å². The summed E-state index contributed by atoms with van der Waals surface area (Å²) in [7, 11) is 2.60. The number of halogens is 1. The highest BCUT2D eigenvalue weighted by Gasteiger charge is 2.18. The van der Waals surface area contributed by atoms with Gasteiger partial charge in [0.25, 0.3) is 0 Å². The molecule has 11 nitrogen and oxygen atoms in total. The van der Waals surface area contributed by atoms with E-state index in [4.69, 9.17) is 9.26 Å². The van der Waals surface area contributed by atoms with Crippen molar-refractivity contribution in [2.45, 2.75) is 0 Å². The molecular weight excluding hydrogens is 459 g/mol. The second kappa shape index (κ2) is 8.74. The van der Waals surface area contributed by atoms with Gasteiger partial charge in [0, 0.05) is 29.6 Å². The highest BCUT2D eigenvalue weighted by Crippen LogP contribution is 2.27. The van der Waals surface area contributed by atoms with E-state index in [0.29, 0.717) is 28.4 Å². The molecule has 0 fully saturated rings. The molecule has 4 aromatic heterocycles. The minimum absolute atomic E-state index is 0.0217. The summed E-state index contributed by atoms with van der Waals surface area (Å²) in [6.45, 7) is 0. The Morgan fingerprint density at radius 3 is 2.63 bits per heavy atom. The van der Waals surface area contributed by atoms with E-state index in [9.17, 15) is 14.0 Å². The Bertz CT molecular complexity index is 1610. The quantitative estimate of drug-likeness (QED) is 0.408. The summed E-state index contributed by atoms with van der Waals surface area (Å²) >= 11 is 0. The van der Waals surface area contributed by atoms with Crippen LogP contribution in [-0.4, -0.2) is 44.4 Å². The number of hydrogen-bond donors (Lipinski definition) is 1. The molecule has 5 aromatic rings. The lowest BCUT2D eigenvalue weighted by Gasteiger charge is -2.09. The van der Waals surface area contributed by atoms with E-state index in [-0.39, 0.29) is 11.6 Å². The van der Waals surface area contributed by atoms with Gasteiger partial charge in [0.2, 0.25) is 0 Å². The number of carbonyl (C=O) groups is 1. The average molecular weight is 476 g/mol. The smallest absolute Gasteiger partial charge is 0.446 e. The number of nitrogens with one attached hydrogen (secondary N) is 1. The van der Waals surface area contributed by atoms with Gasteiger partial charge in [0.15, 0.2) is 17.4 Å². The second-order valence-electron chi connectivity index (χ2n) is 7.26. The predicted molar refractivity (Wildman–Crippen MR) is 122 cm³/mol. The molecule has 176 valence electrons. The molecule has 0 aliphatic rings. The molecule has 0 saturated carbocycles. The molecule has 0 unspecified atom stereocenters. The van der Waals surface area contributed by atoms with Gasteiger partial charge in [-0.1, -0.05) is 5.16 Å². The molecule has 5 rings (SSSR count). The number of imidazole rings is 1. The van der Waals surface area contributed by atoms with Crippen LogP contribution in [0.2, 0.25) is 0 Å². The molecule has 0 spiro atoms. The third kappa shape index (κ3) is 3.97. The van der Waals surface area contributed by atoms with Gasteiger partial charge in [-0.15, -0.1) is 0 Å². The number of aromatic nitrogens is 5. The van der Waals surface area contributed by atoms with Gasteiger partial charge in [0.05, 0.1) is 31.8 Å². The van der Waals surface area contributed by atoms with E-state index in [0.717, 1.165) is 5.56 Å². The molecule has 1 N–H and O–H groups in total. The second-order valence-corrected chi connectivity index (χ2v) is 7.26. The molecule has 0 bridgehead atoms. The zero-order valence-electron chi connectivity index (χ0n) is 18.4. The number of anilines is 1. The van der Waals surface area contributed by atoms with Gasteiger partial charge in [-0.25, -0.2) is 28.5 Å². The van der Waals surface area contributed by atoms with Gasteiger partial charge < -0.3 is 9.47 Å². The van der Waals surface area contributed by atoms with Crippen LogP contribution in [0.25, 0.3) is 34.0 Å². The molecule has 0 atom stereocenters. The van der Waals surface area contributed by atoms with Crippen molar-refractivity contribution in [3.05, 3.63) is 77.4 Å². The summed E-state index contributed by atoms with van der Waals surface area (Å²) in [6.07, 6.45) is 4.37. The largest absolute Gasteiger partial charge is 0.494 e. The number of fused-ring (bicyclic) bond motifs is 1. The number of nitrogens with zero attached hydrogens (tertiary/aromatic N) is 5. The van der Waals surface area contributed by atoms with Gasteiger partial charge >= 0.3 is 11.8 Å². The molecule has 0 aliphatic heterocycles. The van der Waals surface area contributed by atoms with Crippen LogP contribution < -0.4 is 15.8 Å². The van der Waals surface area contributed by atoms with Crippen molar-refractivity contribution < 1.29 is 23.2 Å². The van der Waals surface area contributed by atoms with Gasteiger partial charge in [-0.2, -0.15) is 0 Å². The molecule has 0 saturated heterocycles. The number of methoxy groups -OCH3 is 2. The lowest BCUT2D eigenvalue weighted by Crippen LogP contribution is -2.13. The zero-order valence-corrected chi connectivity index (χ0v) is 18.4. The summed E-state index contributed by atoms with van der Waals surface area (Å²) in [6, 6.07) is 10.9. The standard InChI is InChI=1S/C23H17FN6O5/c1-33-18-9-15(5-6-16(18)24)30-21(28-35-23(30)32)14-4-8-20-26-11-17(29(20)12-14)13-3-7-19(25-10-13)27-22(31)34-2/h3-12H,1-2H3,(H,25,27,31). The van der Waals surface area contributed by atoms with Gasteiger partial charge in [-0.3, -0.25) is 14.2 Å². The van der Waals surface area contributed by atoms with Crippen LogP contribution in [-0.2, 0) is 4.74 Å². The SMILES string of the molecule is COC(=O)Nc1ccc(-c2cnc3ccc(-c4noc(=O)n4-c4ccc(F)c(OC)c4)cn23)cn1. The molecule has 4 heterocycles. The maximum Gasteiger partial charge on any atom is 0.446 e. The van der Waals surface area contributed by atoms with E-state index >= 15 is 0 Å². The Labute approximate surface area is 196 Å². The van der Waals surface area contributed by atoms with Crippen molar-refractivity contribution in [2.24, 2.45) is 0 Å². The van der Waals surface area contributed by atoms with Crippen molar-refractivity contribution in [3.63, 3.8) is 0 Å². The van der Waals surface area contributed by atoms with Crippen LogP contribution in [0.5, 0.6) is 5.75 Å². The first kappa shape index (κ1) is 21.8. The number of ether oxygens (including phenoxy) is 2. The number of hydrogen-bond acceptors (Lipinski definition) is 8. The molecular formula is C23H17FN6O5. The number of amides is 1. The minimum Gasteiger partial charge on any atom is -0.494 e. The van der Waals surface area contributed by atoms with Crippen LogP contribution in [0, 0.1) is 5.82 Å². The zero-order chi connectivity index (χ0) is 24.5. The number of carbonyl (C=O) groups excluding carboxylic acids is 1. The lowest BCUT2D eigenvalue weighted by molar-refractivity contribution is 0.187. The van der Waals surface area contributed by atoms with Gasteiger partial charge in [0.1, 0.15) is 11.5 Å². The van der Waals surface area contributed by atoms with E-state index in [1.165, 1.54) is 37.0 Å². The minimum atomic E-state index is -0.738. The fourth-order valence-electron chi connectivity index (χ4n) is 3.55. The fraction of sp³-hybridized carbons (Fsp3) is 0.0870. The molecule has 12 heteroatoms. The van der Waals surface area contributed by atoms with E-state index < -0.39 is 17.7 Å². The summed E-state index contributed by atoms with van der Waals surface area (Å²) in [5.74, 6) is -0.783. The maximum atomic E-state index is 13.9. The normalized spacial score (nSPS) is 10.9. The third-order valence-electron chi connectivity index (χ3n) is 5.24. The first-order chi connectivity index (χ1) is 17.0. The Morgan fingerprint density at radius 2 is 1.89 bits per heavy atom. The fourth-order valence-corrected chi connectivity index (χ4v) is 3.55. The Hall–Kier alpha value is -5.00. The molecule has 35 heavy (non-hydrogen) atoms.